The van der Waals surface area contributed by atoms with E-state index in [0.717, 1.165) is 13.1 Å². The highest BCUT2D eigenvalue weighted by molar-refractivity contribution is 9.10. The van der Waals surface area contributed by atoms with E-state index in [1.54, 1.807) is 0 Å². The third kappa shape index (κ3) is 5.53. The first-order chi connectivity index (χ1) is 8.44. The van der Waals surface area contributed by atoms with Crippen molar-refractivity contribution in [1.82, 2.24) is 5.32 Å². The molecular formula is C16H26BrN. The molecule has 0 heterocycles. The second kappa shape index (κ2) is 7.30. The molecule has 0 saturated heterocycles. The van der Waals surface area contributed by atoms with E-state index in [4.69, 9.17) is 0 Å². The minimum atomic E-state index is 0.408. The van der Waals surface area contributed by atoms with Gasteiger partial charge in [0.1, 0.15) is 0 Å². The van der Waals surface area contributed by atoms with E-state index < -0.39 is 0 Å². The van der Waals surface area contributed by atoms with Gasteiger partial charge in [-0.15, -0.1) is 0 Å². The first-order valence-electron chi connectivity index (χ1n) is 6.89. The van der Waals surface area contributed by atoms with Crippen LogP contribution in [0.5, 0.6) is 0 Å². The summed E-state index contributed by atoms with van der Waals surface area (Å²) in [6, 6.07) is 8.61. The van der Waals surface area contributed by atoms with Gasteiger partial charge in [-0.2, -0.15) is 0 Å². The fourth-order valence-corrected chi connectivity index (χ4v) is 2.71. The van der Waals surface area contributed by atoms with Crippen molar-refractivity contribution in [1.29, 1.82) is 0 Å². The van der Waals surface area contributed by atoms with Gasteiger partial charge in [-0.3, -0.25) is 0 Å². The number of nitrogens with one attached hydrogen (secondary N) is 1. The second-order valence-electron chi connectivity index (χ2n) is 6.13. The Kier molecular flexibility index (Phi) is 6.37. The van der Waals surface area contributed by atoms with Crippen molar-refractivity contribution < 1.29 is 0 Å². The highest BCUT2D eigenvalue weighted by Gasteiger charge is 2.18. The Balaban J connectivity index is 2.75. The Bertz CT molecular complexity index is 354. The molecule has 2 heteroatoms. The summed E-state index contributed by atoms with van der Waals surface area (Å²) in [6.07, 6.45) is 2.49. The maximum atomic E-state index is 3.68. The van der Waals surface area contributed by atoms with Crippen LogP contribution in [0.3, 0.4) is 0 Å². The Hall–Kier alpha value is -0.340. The van der Waals surface area contributed by atoms with Crippen LogP contribution >= 0.6 is 15.9 Å². The summed E-state index contributed by atoms with van der Waals surface area (Å²) >= 11 is 3.68. The molecule has 1 N–H and O–H groups in total. The van der Waals surface area contributed by atoms with Crippen LogP contribution in [-0.4, -0.2) is 13.1 Å². The molecule has 0 aliphatic heterocycles. The van der Waals surface area contributed by atoms with Crippen molar-refractivity contribution >= 4 is 15.9 Å². The molecule has 0 bridgehead atoms. The number of benzene rings is 1. The lowest BCUT2D eigenvalue weighted by Gasteiger charge is -2.24. The van der Waals surface area contributed by atoms with E-state index in [9.17, 15) is 0 Å². The fourth-order valence-electron chi connectivity index (χ4n) is 2.10. The zero-order chi connectivity index (χ0) is 13.6. The van der Waals surface area contributed by atoms with Crippen LogP contribution in [0.1, 0.15) is 52.0 Å². The Morgan fingerprint density at radius 2 is 1.89 bits per heavy atom. The molecule has 0 aliphatic rings. The van der Waals surface area contributed by atoms with Crippen LogP contribution in [0, 0.1) is 5.41 Å². The lowest BCUT2D eigenvalue weighted by atomic mass is 9.84. The van der Waals surface area contributed by atoms with Crippen molar-refractivity contribution in [3.8, 4) is 0 Å². The van der Waals surface area contributed by atoms with Crippen molar-refractivity contribution in [2.45, 2.75) is 46.5 Å². The quantitative estimate of drug-likeness (QED) is 0.782. The molecular weight excluding hydrogens is 286 g/mol. The molecule has 0 radical (unpaired) electrons. The number of hydrogen-bond acceptors (Lipinski definition) is 1. The summed E-state index contributed by atoms with van der Waals surface area (Å²) in [5, 5.41) is 3.49. The van der Waals surface area contributed by atoms with E-state index in [1.807, 2.05) is 0 Å². The van der Waals surface area contributed by atoms with Gasteiger partial charge in [-0.25, -0.2) is 0 Å². The molecule has 0 spiro atoms. The van der Waals surface area contributed by atoms with Crippen molar-refractivity contribution in [2.75, 3.05) is 13.1 Å². The van der Waals surface area contributed by atoms with Crippen molar-refractivity contribution in [3.05, 3.63) is 34.3 Å². The second-order valence-corrected chi connectivity index (χ2v) is 6.98. The third-order valence-electron chi connectivity index (χ3n) is 3.23. The van der Waals surface area contributed by atoms with Gasteiger partial charge in [-0.05, 0) is 42.3 Å². The van der Waals surface area contributed by atoms with E-state index in [1.165, 1.54) is 22.9 Å². The van der Waals surface area contributed by atoms with Crippen molar-refractivity contribution in [2.24, 2.45) is 5.41 Å². The zero-order valence-electron chi connectivity index (χ0n) is 12.1. The highest BCUT2D eigenvalue weighted by Crippen LogP contribution is 2.32. The predicted molar refractivity (Wildman–Crippen MR) is 84.1 cm³/mol. The summed E-state index contributed by atoms with van der Waals surface area (Å²) in [4.78, 5) is 0. The normalized spacial score (nSPS) is 13.6. The molecule has 1 rings (SSSR count). The molecule has 1 atom stereocenters. The molecule has 0 aliphatic carbocycles. The molecule has 0 saturated carbocycles. The van der Waals surface area contributed by atoms with Crippen LogP contribution in [0.15, 0.2) is 28.7 Å². The van der Waals surface area contributed by atoms with Gasteiger partial charge in [-0.1, -0.05) is 61.8 Å². The largest absolute Gasteiger partial charge is 0.316 e. The van der Waals surface area contributed by atoms with Crippen molar-refractivity contribution in [3.63, 3.8) is 0 Å². The summed E-state index contributed by atoms with van der Waals surface area (Å²) < 4.78 is 1.24. The first kappa shape index (κ1) is 15.7. The first-order valence-corrected chi connectivity index (χ1v) is 7.68. The number of halogens is 1. The minimum Gasteiger partial charge on any atom is -0.316 e. The molecule has 102 valence electrons. The number of hydrogen-bond donors (Lipinski definition) is 1. The van der Waals surface area contributed by atoms with Crippen LogP contribution in [0.25, 0.3) is 0 Å². The Morgan fingerprint density at radius 1 is 1.22 bits per heavy atom. The van der Waals surface area contributed by atoms with E-state index in [2.05, 4.69) is 73.2 Å². The van der Waals surface area contributed by atoms with Crippen LogP contribution in [0.2, 0.25) is 0 Å². The lowest BCUT2D eigenvalue weighted by molar-refractivity contribution is 0.344. The summed E-state index contributed by atoms with van der Waals surface area (Å²) in [5.74, 6) is 0.597. The van der Waals surface area contributed by atoms with E-state index in [0.29, 0.717) is 11.3 Å². The van der Waals surface area contributed by atoms with Gasteiger partial charge in [0.2, 0.25) is 0 Å². The van der Waals surface area contributed by atoms with Crippen LogP contribution in [0.4, 0.5) is 0 Å². The van der Waals surface area contributed by atoms with E-state index in [-0.39, 0.29) is 0 Å². The Labute approximate surface area is 120 Å². The summed E-state index contributed by atoms with van der Waals surface area (Å²) in [5.41, 5.74) is 1.84. The van der Waals surface area contributed by atoms with Gasteiger partial charge < -0.3 is 5.32 Å². The summed E-state index contributed by atoms with van der Waals surface area (Å²) in [6.45, 7) is 11.2. The lowest BCUT2D eigenvalue weighted by Crippen LogP contribution is -2.22. The summed E-state index contributed by atoms with van der Waals surface area (Å²) in [7, 11) is 0. The minimum absolute atomic E-state index is 0.408. The molecule has 1 aromatic rings. The predicted octanol–water partition coefficient (Wildman–Crippen LogP) is 4.97. The van der Waals surface area contributed by atoms with Gasteiger partial charge >= 0.3 is 0 Å². The number of likely N-dealkylation sites (N-methyl/N-ethyl adjacent to an activating group) is 1. The van der Waals surface area contributed by atoms with Gasteiger partial charge in [0.05, 0.1) is 0 Å². The molecule has 1 nitrogen and oxygen atoms in total. The molecule has 18 heavy (non-hydrogen) atoms. The van der Waals surface area contributed by atoms with Crippen LogP contribution < -0.4 is 5.32 Å². The third-order valence-corrected chi connectivity index (χ3v) is 3.95. The average molecular weight is 312 g/mol. The molecule has 0 amide bonds. The van der Waals surface area contributed by atoms with Gasteiger partial charge in [0.25, 0.3) is 0 Å². The molecule has 1 unspecified atom stereocenters. The maximum Gasteiger partial charge on any atom is 0.0210 e. The maximum absolute atomic E-state index is 3.68. The fraction of sp³-hybridized carbons (Fsp3) is 0.625. The molecule has 0 aromatic heterocycles. The smallest absolute Gasteiger partial charge is 0.0210 e. The van der Waals surface area contributed by atoms with Gasteiger partial charge in [0.15, 0.2) is 0 Å². The molecule has 0 fully saturated rings. The molecule has 1 aromatic carbocycles. The Morgan fingerprint density at radius 3 is 2.44 bits per heavy atom. The highest BCUT2D eigenvalue weighted by atomic mass is 79.9. The monoisotopic (exact) mass is 311 g/mol. The zero-order valence-corrected chi connectivity index (χ0v) is 13.7. The average Bonchev–Trinajstić information content (AvgIpc) is 2.29. The van der Waals surface area contributed by atoms with Gasteiger partial charge in [0, 0.05) is 11.0 Å². The van der Waals surface area contributed by atoms with Crippen LogP contribution in [-0.2, 0) is 0 Å². The topological polar surface area (TPSA) is 12.0 Å². The number of rotatable bonds is 6. The standard InChI is InChI=1S/C16H26BrN/c1-5-18-12-13(10-11-16(2,3)4)14-8-6-7-9-15(14)17/h6-9,13,18H,5,10-12H2,1-4H3. The SMILES string of the molecule is CCNCC(CCC(C)(C)C)c1ccccc1Br. The van der Waals surface area contributed by atoms with E-state index >= 15 is 0 Å².